The first-order valence-electron chi connectivity index (χ1n) is 7.60. The minimum absolute atomic E-state index is 0.463. The number of aliphatic hydroxyl groups excluding tert-OH is 1. The Morgan fingerprint density at radius 1 is 0.952 bits per heavy atom. The van der Waals surface area contributed by atoms with Crippen molar-refractivity contribution in [1.82, 2.24) is 0 Å². The Balaban J connectivity index is 2.13. The number of hydrogen-bond acceptors (Lipinski definition) is 2. The molecule has 2 heteroatoms. The molecule has 0 radical (unpaired) electrons. The van der Waals surface area contributed by atoms with E-state index in [1.165, 1.54) is 11.1 Å². The van der Waals surface area contributed by atoms with Crippen molar-refractivity contribution in [3.63, 3.8) is 0 Å². The average Bonchev–Trinajstić information content (AvgIpc) is 2.54. The molecule has 2 nitrogen and oxygen atoms in total. The maximum absolute atomic E-state index is 10.5. The van der Waals surface area contributed by atoms with Gasteiger partial charge in [-0.1, -0.05) is 44.2 Å². The number of hydrogen-bond donors (Lipinski definition) is 1. The molecule has 0 spiro atoms. The molecule has 0 aromatic heterocycles. The SMILES string of the molecule is CCc1ccc(C(O)Cc2ccc(OC)cc2)cc1CC. The molecule has 21 heavy (non-hydrogen) atoms. The van der Waals surface area contributed by atoms with Crippen molar-refractivity contribution in [2.24, 2.45) is 0 Å². The largest absolute Gasteiger partial charge is 0.497 e. The summed E-state index contributed by atoms with van der Waals surface area (Å²) in [5.74, 6) is 0.841. The van der Waals surface area contributed by atoms with E-state index >= 15 is 0 Å². The van der Waals surface area contributed by atoms with Crippen molar-refractivity contribution in [3.05, 3.63) is 64.7 Å². The van der Waals surface area contributed by atoms with Crippen LogP contribution in [0.2, 0.25) is 0 Å². The first kappa shape index (κ1) is 15.6. The van der Waals surface area contributed by atoms with E-state index in [4.69, 9.17) is 4.74 Å². The third-order valence-electron chi connectivity index (χ3n) is 3.97. The summed E-state index contributed by atoms with van der Waals surface area (Å²) in [6.45, 7) is 4.33. The number of rotatable bonds is 6. The lowest BCUT2D eigenvalue weighted by atomic mass is 9.95. The molecule has 0 fully saturated rings. The minimum atomic E-state index is -0.463. The second-order valence-corrected chi connectivity index (χ2v) is 5.30. The van der Waals surface area contributed by atoms with Crippen molar-refractivity contribution >= 4 is 0 Å². The monoisotopic (exact) mass is 284 g/mol. The van der Waals surface area contributed by atoms with Crippen molar-refractivity contribution < 1.29 is 9.84 Å². The van der Waals surface area contributed by atoms with Crippen LogP contribution in [0.1, 0.15) is 42.2 Å². The number of aliphatic hydroxyl groups is 1. The predicted molar refractivity (Wildman–Crippen MR) is 86.9 cm³/mol. The van der Waals surface area contributed by atoms with Crippen LogP contribution in [-0.4, -0.2) is 12.2 Å². The van der Waals surface area contributed by atoms with Crippen LogP contribution in [0.25, 0.3) is 0 Å². The molecule has 0 bridgehead atoms. The fourth-order valence-electron chi connectivity index (χ4n) is 2.63. The van der Waals surface area contributed by atoms with Crippen LogP contribution in [0.4, 0.5) is 0 Å². The third-order valence-corrected chi connectivity index (χ3v) is 3.97. The van der Waals surface area contributed by atoms with Gasteiger partial charge in [-0.3, -0.25) is 0 Å². The molecule has 0 heterocycles. The molecule has 112 valence electrons. The minimum Gasteiger partial charge on any atom is -0.497 e. The van der Waals surface area contributed by atoms with E-state index in [2.05, 4.69) is 26.0 Å². The van der Waals surface area contributed by atoms with Gasteiger partial charge in [-0.25, -0.2) is 0 Å². The van der Waals surface area contributed by atoms with Crippen LogP contribution >= 0.6 is 0 Å². The second kappa shape index (κ2) is 7.28. The Kier molecular flexibility index (Phi) is 5.40. The van der Waals surface area contributed by atoms with E-state index < -0.39 is 6.10 Å². The van der Waals surface area contributed by atoms with Crippen LogP contribution in [0.5, 0.6) is 5.75 Å². The smallest absolute Gasteiger partial charge is 0.118 e. The van der Waals surface area contributed by atoms with Gasteiger partial charge in [0.25, 0.3) is 0 Å². The molecule has 2 rings (SSSR count). The van der Waals surface area contributed by atoms with Gasteiger partial charge in [0.05, 0.1) is 13.2 Å². The standard InChI is InChI=1S/C19H24O2/c1-4-15-8-9-17(13-16(15)5-2)19(20)12-14-6-10-18(21-3)11-7-14/h6-11,13,19-20H,4-5,12H2,1-3H3. The first-order valence-corrected chi connectivity index (χ1v) is 7.60. The summed E-state index contributed by atoms with van der Waals surface area (Å²) in [7, 11) is 1.66. The molecule has 0 amide bonds. The maximum atomic E-state index is 10.5. The predicted octanol–water partition coefficient (Wildman–Crippen LogP) is 4.10. The summed E-state index contributed by atoms with van der Waals surface area (Å²) >= 11 is 0. The van der Waals surface area contributed by atoms with Crippen molar-refractivity contribution in [2.45, 2.75) is 39.2 Å². The lowest BCUT2D eigenvalue weighted by Crippen LogP contribution is -2.04. The zero-order valence-corrected chi connectivity index (χ0v) is 13.1. The molecule has 2 aromatic carbocycles. The third kappa shape index (κ3) is 3.85. The first-order chi connectivity index (χ1) is 10.2. The van der Waals surface area contributed by atoms with Crippen molar-refractivity contribution in [3.8, 4) is 5.75 Å². The van der Waals surface area contributed by atoms with E-state index in [9.17, 15) is 5.11 Å². The highest BCUT2D eigenvalue weighted by atomic mass is 16.5. The summed E-state index contributed by atoms with van der Waals surface area (Å²) < 4.78 is 5.15. The van der Waals surface area contributed by atoms with Gasteiger partial charge in [-0.15, -0.1) is 0 Å². The van der Waals surface area contributed by atoms with Gasteiger partial charge in [0.1, 0.15) is 5.75 Å². The average molecular weight is 284 g/mol. The van der Waals surface area contributed by atoms with Crippen molar-refractivity contribution in [2.75, 3.05) is 7.11 Å². The number of aryl methyl sites for hydroxylation is 2. The Labute approximate surface area is 127 Å². The molecule has 0 aliphatic carbocycles. The molecular formula is C19H24O2. The molecular weight excluding hydrogens is 260 g/mol. The van der Waals surface area contributed by atoms with Gasteiger partial charge in [-0.2, -0.15) is 0 Å². The fourth-order valence-corrected chi connectivity index (χ4v) is 2.63. The van der Waals surface area contributed by atoms with Gasteiger partial charge in [-0.05, 0) is 47.2 Å². The molecule has 0 aliphatic rings. The highest BCUT2D eigenvalue weighted by Gasteiger charge is 2.11. The van der Waals surface area contributed by atoms with Crippen molar-refractivity contribution in [1.29, 1.82) is 0 Å². The maximum Gasteiger partial charge on any atom is 0.118 e. The van der Waals surface area contributed by atoms with E-state index in [0.29, 0.717) is 6.42 Å². The molecule has 1 unspecified atom stereocenters. The summed E-state index contributed by atoms with van der Waals surface area (Å²) in [5, 5.41) is 10.5. The van der Waals surface area contributed by atoms with Crippen LogP contribution in [0.15, 0.2) is 42.5 Å². The van der Waals surface area contributed by atoms with Gasteiger partial charge in [0, 0.05) is 6.42 Å². The number of methoxy groups -OCH3 is 1. The van der Waals surface area contributed by atoms with E-state index in [1.54, 1.807) is 7.11 Å². The van der Waals surface area contributed by atoms with Gasteiger partial charge in [0.15, 0.2) is 0 Å². The number of ether oxygens (including phenoxy) is 1. The second-order valence-electron chi connectivity index (χ2n) is 5.30. The van der Waals surface area contributed by atoms with Gasteiger partial charge < -0.3 is 9.84 Å². The Morgan fingerprint density at radius 2 is 1.62 bits per heavy atom. The molecule has 0 saturated heterocycles. The normalized spacial score (nSPS) is 12.2. The van der Waals surface area contributed by atoms with Crippen LogP contribution < -0.4 is 4.74 Å². The fraction of sp³-hybridized carbons (Fsp3) is 0.368. The summed E-state index contributed by atoms with van der Waals surface area (Å²) in [5.41, 5.74) is 4.82. The Morgan fingerprint density at radius 3 is 2.19 bits per heavy atom. The van der Waals surface area contributed by atoms with Crippen LogP contribution in [-0.2, 0) is 19.3 Å². The Bertz CT molecular complexity index is 573. The molecule has 1 atom stereocenters. The van der Waals surface area contributed by atoms with Crippen LogP contribution in [0, 0.1) is 0 Å². The quantitative estimate of drug-likeness (QED) is 0.865. The van der Waals surface area contributed by atoms with Crippen LogP contribution in [0.3, 0.4) is 0 Å². The van der Waals surface area contributed by atoms with E-state index in [0.717, 1.165) is 29.7 Å². The molecule has 2 aromatic rings. The Hall–Kier alpha value is -1.80. The lowest BCUT2D eigenvalue weighted by molar-refractivity contribution is 0.178. The zero-order valence-electron chi connectivity index (χ0n) is 13.1. The van der Waals surface area contributed by atoms with E-state index in [1.807, 2.05) is 30.3 Å². The van der Waals surface area contributed by atoms with E-state index in [-0.39, 0.29) is 0 Å². The number of benzene rings is 2. The summed E-state index contributed by atoms with van der Waals surface area (Å²) in [4.78, 5) is 0. The topological polar surface area (TPSA) is 29.5 Å². The summed E-state index contributed by atoms with van der Waals surface area (Å²) in [6, 6.07) is 14.2. The molecule has 1 N–H and O–H groups in total. The molecule has 0 aliphatic heterocycles. The van der Waals surface area contributed by atoms with Gasteiger partial charge >= 0.3 is 0 Å². The summed E-state index contributed by atoms with van der Waals surface area (Å²) in [6.07, 6.45) is 2.21. The highest BCUT2D eigenvalue weighted by molar-refractivity contribution is 5.34. The molecule has 0 saturated carbocycles. The lowest BCUT2D eigenvalue weighted by Gasteiger charge is -2.14. The zero-order chi connectivity index (χ0) is 15.2. The highest BCUT2D eigenvalue weighted by Crippen LogP contribution is 2.23. The van der Waals surface area contributed by atoms with Gasteiger partial charge in [0.2, 0.25) is 0 Å².